The molecule has 0 radical (unpaired) electrons. The summed E-state index contributed by atoms with van der Waals surface area (Å²) in [6, 6.07) is 13.7. The third-order valence-electron chi connectivity index (χ3n) is 4.52. The molecule has 0 bridgehead atoms. The molecule has 0 saturated carbocycles. The van der Waals surface area contributed by atoms with Gasteiger partial charge in [0.25, 0.3) is 5.91 Å². The second-order valence-electron chi connectivity index (χ2n) is 6.20. The van der Waals surface area contributed by atoms with Gasteiger partial charge >= 0.3 is 0 Å². The minimum atomic E-state index is -0.00708. The van der Waals surface area contributed by atoms with Crippen LogP contribution in [-0.4, -0.2) is 52.2 Å². The number of carbonyl (C=O) groups excluding carboxylic acids is 1. The molecular weight excluding hydrogens is 314 g/mol. The maximum absolute atomic E-state index is 12.6. The minimum Gasteiger partial charge on any atom is -0.351 e. The van der Waals surface area contributed by atoms with Crippen molar-refractivity contribution >= 4 is 22.5 Å². The molecule has 0 unspecified atom stereocenters. The maximum Gasteiger partial charge on any atom is 0.272 e. The van der Waals surface area contributed by atoms with Gasteiger partial charge in [0.2, 0.25) is 0 Å². The van der Waals surface area contributed by atoms with Crippen molar-refractivity contribution in [3.8, 4) is 0 Å². The van der Waals surface area contributed by atoms with E-state index in [2.05, 4.69) is 26.1 Å². The Morgan fingerprint density at radius 1 is 1.00 bits per heavy atom. The monoisotopic (exact) mass is 333 g/mol. The van der Waals surface area contributed by atoms with E-state index in [1.165, 1.54) is 0 Å². The van der Waals surface area contributed by atoms with Gasteiger partial charge in [-0.2, -0.15) is 5.10 Å². The summed E-state index contributed by atoms with van der Waals surface area (Å²) < 4.78 is 0. The first kappa shape index (κ1) is 15.5. The lowest BCUT2D eigenvalue weighted by molar-refractivity contribution is 0.0740. The standard InChI is InChI=1S/C19H19N5O/c1-14-5-4-8-17(21-14)19(25)24-11-9-23(10-12-24)18-16-7-3-2-6-15(16)13-20-22-18/h2-8,13H,9-12H2,1H3. The van der Waals surface area contributed by atoms with Crippen molar-refractivity contribution in [1.82, 2.24) is 20.1 Å². The first-order valence-electron chi connectivity index (χ1n) is 8.41. The highest BCUT2D eigenvalue weighted by Crippen LogP contribution is 2.24. The van der Waals surface area contributed by atoms with Crippen LogP contribution < -0.4 is 4.90 Å². The normalized spacial score (nSPS) is 14.8. The van der Waals surface area contributed by atoms with Crippen LogP contribution in [0.1, 0.15) is 16.2 Å². The van der Waals surface area contributed by atoms with Crippen molar-refractivity contribution in [3.63, 3.8) is 0 Å². The first-order chi connectivity index (χ1) is 12.2. The number of rotatable bonds is 2. The minimum absolute atomic E-state index is 0.00708. The van der Waals surface area contributed by atoms with E-state index in [0.29, 0.717) is 18.8 Å². The molecule has 0 atom stereocenters. The summed E-state index contributed by atoms with van der Waals surface area (Å²) in [5, 5.41) is 10.6. The summed E-state index contributed by atoms with van der Waals surface area (Å²) in [5.74, 6) is 0.881. The topological polar surface area (TPSA) is 62.2 Å². The SMILES string of the molecule is Cc1cccc(C(=O)N2CCN(c3nncc4ccccc34)CC2)n1. The van der Waals surface area contributed by atoms with Gasteiger partial charge in [-0.1, -0.05) is 30.3 Å². The smallest absolute Gasteiger partial charge is 0.272 e. The van der Waals surface area contributed by atoms with Gasteiger partial charge in [-0.05, 0) is 19.1 Å². The number of aromatic nitrogens is 3. The average Bonchev–Trinajstić information content (AvgIpc) is 2.67. The van der Waals surface area contributed by atoms with Crippen molar-refractivity contribution in [2.75, 3.05) is 31.1 Å². The molecule has 3 heterocycles. The molecule has 3 aromatic rings. The Hall–Kier alpha value is -3.02. The number of benzene rings is 1. The second-order valence-corrected chi connectivity index (χ2v) is 6.20. The van der Waals surface area contributed by atoms with E-state index in [1.54, 1.807) is 12.3 Å². The van der Waals surface area contributed by atoms with E-state index in [4.69, 9.17) is 0 Å². The summed E-state index contributed by atoms with van der Waals surface area (Å²) in [6.07, 6.45) is 1.78. The first-order valence-corrected chi connectivity index (χ1v) is 8.41. The zero-order chi connectivity index (χ0) is 17.2. The highest BCUT2D eigenvalue weighted by Gasteiger charge is 2.24. The van der Waals surface area contributed by atoms with Crippen molar-refractivity contribution in [2.24, 2.45) is 0 Å². The van der Waals surface area contributed by atoms with Gasteiger partial charge in [0.15, 0.2) is 5.82 Å². The number of carbonyl (C=O) groups is 1. The Morgan fingerprint density at radius 3 is 2.60 bits per heavy atom. The number of hydrogen-bond donors (Lipinski definition) is 0. The van der Waals surface area contributed by atoms with E-state index in [1.807, 2.05) is 42.2 Å². The zero-order valence-corrected chi connectivity index (χ0v) is 14.1. The Bertz CT molecular complexity index is 913. The molecule has 1 aromatic carbocycles. The molecule has 0 spiro atoms. The molecule has 1 aliphatic heterocycles. The molecule has 2 aromatic heterocycles. The maximum atomic E-state index is 12.6. The van der Waals surface area contributed by atoms with Gasteiger partial charge in [-0.25, -0.2) is 4.98 Å². The summed E-state index contributed by atoms with van der Waals surface area (Å²) in [6.45, 7) is 4.67. The van der Waals surface area contributed by atoms with Crippen LogP contribution in [-0.2, 0) is 0 Å². The number of piperazine rings is 1. The Labute approximate surface area is 146 Å². The van der Waals surface area contributed by atoms with Crippen LogP contribution in [0.15, 0.2) is 48.7 Å². The lowest BCUT2D eigenvalue weighted by Gasteiger charge is -2.35. The molecule has 1 amide bonds. The fourth-order valence-electron chi connectivity index (χ4n) is 3.19. The zero-order valence-electron chi connectivity index (χ0n) is 14.1. The molecule has 0 aliphatic carbocycles. The largest absolute Gasteiger partial charge is 0.351 e. The van der Waals surface area contributed by atoms with Crippen molar-refractivity contribution in [3.05, 3.63) is 60.0 Å². The fraction of sp³-hybridized carbons (Fsp3) is 0.263. The number of amides is 1. The van der Waals surface area contributed by atoms with Crippen LogP contribution >= 0.6 is 0 Å². The van der Waals surface area contributed by atoms with Crippen LogP contribution in [0.25, 0.3) is 10.8 Å². The quantitative estimate of drug-likeness (QED) is 0.720. The third-order valence-corrected chi connectivity index (χ3v) is 4.52. The summed E-state index contributed by atoms with van der Waals surface area (Å²) in [7, 11) is 0. The fourth-order valence-corrected chi connectivity index (χ4v) is 3.19. The van der Waals surface area contributed by atoms with E-state index >= 15 is 0 Å². The van der Waals surface area contributed by atoms with Crippen molar-refractivity contribution in [2.45, 2.75) is 6.92 Å². The van der Waals surface area contributed by atoms with E-state index in [9.17, 15) is 4.79 Å². The number of pyridine rings is 1. The molecular formula is C19H19N5O. The molecule has 6 heteroatoms. The molecule has 0 N–H and O–H groups in total. The molecule has 6 nitrogen and oxygen atoms in total. The number of aryl methyl sites for hydroxylation is 1. The van der Waals surface area contributed by atoms with Gasteiger partial charge in [0.1, 0.15) is 5.69 Å². The highest BCUT2D eigenvalue weighted by atomic mass is 16.2. The lowest BCUT2D eigenvalue weighted by atomic mass is 10.1. The predicted molar refractivity (Wildman–Crippen MR) is 96.6 cm³/mol. The molecule has 4 rings (SSSR count). The van der Waals surface area contributed by atoms with Crippen LogP contribution in [0.4, 0.5) is 5.82 Å². The second kappa shape index (κ2) is 6.47. The molecule has 126 valence electrons. The van der Waals surface area contributed by atoms with Crippen molar-refractivity contribution < 1.29 is 4.79 Å². The van der Waals surface area contributed by atoms with Gasteiger partial charge in [0, 0.05) is 42.6 Å². The molecule has 25 heavy (non-hydrogen) atoms. The number of fused-ring (bicyclic) bond motifs is 1. The summed E-state index contributed by atoms with van der Waals surface area (Å²) >= 11 is 0. The van der Waals surface area contributed by atoms with Crippen LogP contribution in [0, 0.1) is 6.92 Å². The number of anilines is 1. The van der Waals surface area contributed by atoms with Gasteiger partial charge < -0.3 is 9.80 Å². The van der Waals surface area contributed by atoms with Gasteiger partial charge in [0.05, 0.1) is 6.20 Å². The van der Waals surface area contributed by atoms with Gasteiger partial charge in [-0.15, -0.1) is 5.10 Å². The Balaban J connectivity index is 1.50. The van der Waals surface area contributed by atoms with Crippen LogP contribution in [0.5, 0.6) is 0 Å². The van der Waals surface area contributed by atoms with E-state index in [0.717, 1.165) is 35.4 Å². The third kappa shape index (κ3) is 3.03. The van der Waals surface area contributed by atoms with Crippen LogP contribution in [0.3, 0.4) is 0 Å². The highest BCUT2D eigenvalue weighted by molar-refractivity contribution is 5.93. The predicted octanol–water partition coefficient (Wildman–Crippen LogP) is 2.30. The average molecular weight is 333 g/mol. The molecule has 1 aliphatic rings. The molecule has 1 fully saturated rings. The Kier molecular flexibility index (Phi) is 4.01. The van der Waals surface area contributed by atoms with Gasteiger partial charge in [-0.3, -0.25) is 4.79 Å². The van der Waals surface area contributed by atoms with E-state index in [-0.39, 0.29) is 5.91 Å². The Morgan fingerprint density at radius 2 is 1.80 bits per heavy atom. The van der Waals surface area contributed by atoms with Crippen LogP contribution in [0.2, 0.25) is 0 Å². The number of nitrogens with zero attached hydrogens (tertiary/aromatic N) is 5. The van der Waals surface area contributed by atoms with E-state index < -0.39 is 0 Å². The molecule has 1 saturated heterocycles. The van der Waals surface area contributed by atoms with Crippen molar-refractivity contribution in [1.29, 1.82) is 0 Å². The summed E-state index contributed by atoms with van der Waals surface area (Å²) in [5.41, 5.74) is 1.37. The number of hydrogen-bond acceptors (Lipinski definition) is 5. The lowest BCUT2D eigenvalue weighted by Crippen LogP contribution is -2.49. The summed E-state index contributed by atoms with van der Waals surface area (Å²) in [4.78, 5) is 21.0.